The molecule has 0 saturated heterocycles. The van der Waals surface area contributed by atoms with Crippen LogP contribution in [-0.2, 0) is 11.8 Å². The van der Waals surface area contributed by atoms with Gasteiger partial charge in [0.05, 0.1) is 12.7 Å². The lowest BCUT2D eigenvalue weighted by molar-refractivity contribution is 0.0598. The Morgan fingerprint density at radius 2 is 2.00 bits per heavy atom. The second-order valence-electron chi connectivity index (χ2n) is 4.52. The van der Waals surface area contributed by atoms with Crippen LogP contribution in [0.2, 0.25) is 0 Å². The van der Waals surface area contributed by atoms with Gasteiger partial charge in [-0.3, -0.25) is 0 Å². The first-order chi connectivity index (χ1) is 7.49. The van der Waals surface area contributed by atoms with Crippen molar-refractivity contribution < 1.29 is 9.53 Å². The zero-order valence-electron chi connectivity index (χ0n) is 10.2. The number of rotatable bonds is 2. The largest absolute Gasteiger partial charge is 0.465 e. The Bertz CT molecular complexity index is 448. The SMILES string of the molecule is COC(=O)c1c(C2CC2N)c(C)n(C)c1C. The van der Waals surface area contributed by atoms with E-state index in [0.29, 0.717) is 11.5 Å². The highest BCUT2D eigenvalue weighted by Gasteiger charge is 2.40. The van der Waals surface area contributed by atoms with Crippen LogP contribution in [-0.4, -0.2) is 23.7 Å². The number of aromatic nitrogens is 1. The number of carbonyl (C=O) groups excluding carboxylic acids is 1. The Morgan fingerprint density at radius 1 is 1.44 bits per heavy atom. The minimum absolute atomic E-state index is 0.198. The molecule has 0 aliphatic heterocycles. The first-order valence-corrected chi connectivity index (χ1v) is 5.48. The van der Waals surface area contributed by atoms with Gasteiger partial charge in [0.1, 0.15) is 0 Å². The first-order valence-electron chi connectivity index (χ1n) is 5.48. The van der Waals surface area contributed by atoms with Crippen LogP contribution >= 0.6 is 0 Å². The molecule has 0 radical (unpaired) electrons. The normalized spacial score (nSPS) is 23.3. The quantitative estimate of drug-likeness (QED) is 0.766. The van der Waals surface area contributed by atoms with Crippen LogP contribution in [0.1, 0.15) is 39.6 Å². The first kappa shape index (κ1) is 11.2. The lowest BCUT2D eigenvalue weighted by Gasteiger charge is -2.03. The summed E-state index contributed by atoms with van der Waals surface area (Å²) in [6, 6.07) is 0.198. The lowest BCUT2D eigenvalue weighted by atomic mass is 10.0. The van der Waals surface area contributed by atoms with E-state index in [4.69, 9.17) is 10.5 Å². The van der Waals surface area contributed by atoms with Crippen molar-refractivity contribution in [1.29, 1.82) is 0 Å². The molecular formula is C12H18N2O2. The molecule has 1 saturated carbocycles. The van der Waals surface area contributed by atoms with Gasteiger partial charge in [0.25, 0.3) is 0 Å². The van der Waals surface area contributed by atoms with E-state index < -0.39 is 0 Å². The Morgan fingerprint density at radius 3 is 2.44 bits per heavy atom. The predicted octanol–water partition coefficient (Wildman–Crippen LogP) is 1.24. The molecule has 4 nitrogen and oxygen atoms in total. The molecule has 0 bridgehead atoms. The summed E-state index contributed by atoms with van der Waals surface area (Å²) in [5.74, 6) is 0.0734. The number of ether oxygens (including phenoxy) is 1. The highest BCUT2D eigenvalue weighted by molar-refractivity contribution is 5.93. The van der Waals surface area contributed by atoms with E-state index >= 15 is 0 Å². The second-order valence-corrected chi connectivity index (χ2v) is 4.52. The number of nitrogens with two attached hydrogens (primary N) is 1. The van der Waals surface area contributed by atoms with Crippen molar-refractivity contribution in [3.05, 3.63) is 22.5 Å². The zero-order chi connectivity index (χ0) is 12.0. The van der Waals surface area contributed by atoms with Gasteiger partial charge in [0.15, 0.2) is 0 Å². The van der Waals surface area contributed by atoms with Gasteiger partial charge in [-0.05, 0) is 25.8 Å². The highest BCUT2D eigenvalue weighted by Crippen LogP contribution is 2.44. The van der Waals surface area contributed by atoms with Gasteiger partial charge in [0, 0.05) is 30.4 Å². The van der Waals surface area contributed by atoms with Crippen molar-refractivity contribution >= 4 is 5.97 Å². The van der Waals surface area contributed by atoms with Gasteiger partial charge in [-0.2, -0.15) is 0 Å². The average Bonchev–Trinajstić information content (AvgIpc) is 2.93. The molecule has 1 aromatic heterocycles. The van der Waals surface area contributed by atoms with Crippen LogP contribution in [0.3, 0.4) is 0 Å². The number of hydrogen-bond donors (Lipinski definition) is 1. The Labute approximate surface area is 95.4 Å². The Hall–Kier alpha value is -1.29. The van der Waals surface area contributed by atoms with Gasteiger partial charge in [-0.25, -0.2) is 4.79 Å². The molecule has 1 aliphatic rings. The van der Waals surface area contributed by atoms with Crippen LogP contribution in [0.25, 0.3) is 0 Å². The van der Waals surface area contributed by atoms with E-state index in [9.17, 15) is 4.79 Å². The van der Waals surface area contributed by atoms with Crippen molar-refractivity contribution in [2.24, 2.45) is 12.8 Å². The molecule has 88 valence electrons. The Kier molecular flexibility index (Phi) is 2.54. The fourth-order valence-corrected chi connectivity index (χ4v) is 2.34. The third kappa shape index (κ3) is 1.45. The smallest absolute Gasteiger partial charge is 0.339 e. The van der Waals surface area contributed by atoms with Crippen molar-refractivity contribution in [2.75, 3.05) is 7.11 Å². The second kappa shape index (κ2) is 3.63. The molecule has 4 heteroatoms. The molecule has 1 heterocycles. The summed E-state index contributed by atoms with van der Waals surface area (Å²) in [6.07, 6.45) is 0.967. The summed E-state index contributed by atoms with van der Waals surface area (Å²) in [6.45, 7) is 3.97. The summed E-state index contributed by atoms with van der Waals surface area (Å²) in [4.78, 5) is 11.8. The van der Waals surface area contributed by atoms with Crippen LogP contribution in [0.4, 0.5) is 0 Å². The van der Waals surface area contributed by atoms with E-state index in [1.165, 1.54) is 7.11 Å². The number of nitrogens with zero attached hydrogens (tertiary/aromatic N) is 1. The maximum atomic E-state index is 11.8. The molecule has 16 heavy (non-hydrogen) atoms. The van der Waals surface area contributed by atoms with Gasteiger partial charge < -0.3 is 15.0 Å². The number of carbonyl (C=O) groups is 1. The van der Waals surface area contributed by atoms with E-state index in [1.54, 1.807) is 0 Å². The molecule has 0 spiro atoms. The van der Waals surface area contributed by atoms with Crippen molar-refractivity contribution in [3.63, 3.8) is 0 Å². The molecule has 2 unspecified atom stereocenters. The molecule has 0 aromatic carbocycles. The summed E-state index contributed by atoms with van der Waals surface area (Å²) in [5, 5.41) is 0. The Balaban J connectivity index is 2.56. The minimum Gasteiger partial charge on any atom is -0.465 e. The summed E-state index contributed by atoms with van der Waals surface area (Å²) in [5.41, 5.74) is 9.75. The molecule has 1 fully saturated rings. The standard InChI is InChI=1S/C12H18N2O2/c1-6-10(8-5-9(8)13)11(12(15)16-4)7(2)14(6)3/h8-9H,5,13H2,1-4H3. The third-order valence-corrected chi connectivity index (χ3v) is 3.63. The molecule has 2 rings (SSSR count). The van der Waals surface area contributed by atoms with Crippen LogP contribution < -0.4 is 5.73 Å². The minimum atomic E-state index is -0.254. The van der Waals surface area contributed by atoms with E-state index in [2.05, 4.69) is 0 Å². The molecule has 0 amide bonds. The maximum absolute atomic E-state index is 11.8. The van der Waals surface area contributed by atoms with E-state index in [1.807, 2.05) is 25.5 Å². The topological polar surface area (TPSA) is 57.2 Å². The van der Waals surface area contributed by atoms with Gasteiger partial charge in [-0.15, -0.1) is 0 Å². The average molecular weight is 222 g/mol. The van der Waals surface area contributed by atoms with Crippen LogP contribution in [0, 0.1) is 13.8 Å². The number of methoxy groups -OCH3 is 1. The van der Waals surface area contributed by atoms with Crippen molar-refractivity contribution in [3.8, 4) is 0 Å². The molecule has 1 aromatic rings. The van der Waals surface area contributed by atoms with Gasteiger partial charge >= 0.3 is 5.97 Å². The molecular weight excluding hydrogens is 204 g/mol. The number of hydrogen-bond acceptors (Lipinski definition) is 3. The lowest BCUT2D eigenvalue weighted by Crippen LogP contribution is -2.08. The fourth-order valence-electron chi connectivity index (χ4n) is 2.34. The van der Waals surface area contributed by atoms with Crippen molar-refractivity contribution in [2.45, 2.75) is 32.2 Å². The molecule has 2 atom stereocenters. The summed E-state index contributed by atoms with van der Waals surface area (Å²) >= 11 is 0. The molecule has 2 N–H and O–H groups in total. The summed E-state index contributed by atoms with van der Waals surface area (Å²) in [7, 11) is 3.38. The third-order valence-electron chi connectivity index (χ3n) is 3.63. The van der Waals surface area contributed by atoms with Crippen molar-refractivity contribution in [1.82, 2.24) is 4.57 Å². The maximum Gasteiger partial charge on any atom is 0.339 e. The number of esters is 1. The zero-order valence-corrected chi connectivity index (χ0v) is 10.2. The van der Waals surface area contributed by atoms with Gasteiger partial charge in [0.2, 0.25) is 0 Å². The monoisotopic (exact) mass is 222 g/mol. The van der Waals surface area contributed by atoms with Gasteiger partial charge in [-0.1, -0.05) is 0 Å². The van der Waals surface area contributed by atoms with Crippen LogP contribution in [0.15, 0.2) is 0 Å². The predicted molar refractivity (Wildman–Crippen MR) is 61.6 cm³/mol. The van der Waals surface area contributed by atoms with Crippen LogP contribution in [0.5, 0.6) is 0 Å². The summed E-state index contributed by atoms with van der Waals surface area (Å²) < 4.78 is 6.88. The van der Waals surface area contributed by atoms with E-state index in [0.717, 1.165) is 23.4 Å². The van der Waals surface area contributed by atoms with E-state index in [-0.39, 0.29) is 12.0 Å². The highest BCUT2D eigenvalue weighted by atomic mass is 16.5. The fraction of sp³-hybridized carbons (Fsp3) is 0.583. The molecule has 1 aliphatic carbocycles.